The van der Waals surface area contributed by atoms with Crippen LogP contribution in [0.3, 0.4) is 0 Å². The van der Waals surface area contributed by atoms with Crippen molar-refractivity contribution in [2.45, 2.75) is 26.3 Å². The van der Waals surface area contributed by atoms with Gasteiger partial charge in [0.15, 0.2) is 6.61 Å². The van der Waals surface area contributed by atoms with E-state index in [0.717, 1.165) is 21.3 Å². The van der Waals surface area contributed by atoms with Crippen molar-refractivity contribution in [3.05, 3.63) is 41.8 Å². The number of carbonyl (C=O) groups excluding carboxylic acids is 1. The number of hydrogen-bond donors (Lipinski definition) is 1. The predicted molar refractivity (Wildman–Crippen MR) is 96.2 cm³/mol. The quantitative estimate of drug-likeness (QED) is 0.770. The highest BCUT2D eigenvalue weighted by Gasteiger charge is 2.17. The summed E-state index contributed by atoms with van der Waals surface area (Å²) in [6.45, 7) is 5.57. The highest BCUT2D eigenvalue weighted by atomic mass is 32.1. The molecular formula is C18H18FN3O2S. The number of halogens is 1. The first kappa shape index (κ1) is 17.3. The van der Waals surface area contributed by atoms with Crippen LogP contribution in [0.15, 0.2) is 36.0 Å². The number of rotatable bonds is 4. The Morgan fingerprint density at radius 3 is 2.64 bits per heavy atom. The maximum absolute atomic E-state index is 13.2. The van der Waals surface area contributed by atoms with Gasteiger partial charge in [0.05, 0.1) is 5.39 Å². The number of nitrogens with zero attached hydrogens (tertiary/aromatic N) is 2. The maximum atomic E-state index is 13.2. The van der Waals surface area contributed by atoms with E-state index in [4.69, 9.17) is 4.74 Å². The molecule has 0 saturated heterocycles. The monoisotopic (exact) mass is 359 g/mol. The van der Waals surface area contributed by atoms with Crippen LogP contribution >= 0.6 is 11.3 Å². The first-order valence-corrected chi connectivity index (χ1v) is 8.63. The maximum Gasteiger partial charge on any atom is 0.258 e. The minimum absolute atomic E-state index is 0.137. The fourth-order valence-electron chi connectivity index (χ4n) is 2.39. The van der Waals surface area contributed by atoms with E-state index in [2.05, 4.69) is 15.3 Å². The van der Waals surface area contributed by atoms with Gasteiger partial charge in [-0.2, -0.15) is 0 Å². The molecule has 0 bridgehead atoms. The molecule has 7 heteroatoms. The van der Waals surface area contributed by atoms with Crippen LogP contribution in [0.2, 0.25) is 0 Å². The van der Waals surface area contributed by atoms with Crippen molar-refractivity contribution in [1.82, 2.24) is 15.3 Å². The lowest BCUT2D eigenvalue weighted by atomic mass is 10.1. The summed E-state index contributed by atoms with van der Waals surface area (Å²) in [6, 6.07) is 6.19. The Balaban J connectivity index is 1.90. The fraction of sp³-hybridized carbons (Fsp3) is 0.278. The predicted octanol–water partition coefficient (Wildman–Crippen LogP) is 3.79. The highest BCUT2D eigenvalue weighted by Crippen LogP contribution is 2.37. The van der Waals surface area contributed by atoms with Crippen LogP contribution in [0.25, 0.3) is 21.3 Å². The molecule has 2 aromatic heterocycles. The van der Waals surface area contributed by atoms with Crippen LogP contribution in [-0.4, -0.2) is 28.0 Å². The van der Waals surface area contributed by atoms with Gasteiger partial charge in [-0.3, -0.25) is 4.79 Å². The SMILES string of the molecule is CC(C)(C)NC(=O)COc1ncnc2scc(-c3ccc(F)cc3)c12. The number of ether oxygens (including phenoxy) is 1. The number of benzene rings is 1. The van der Waals surface area contributed by atoms with Crippen LogP contribution in [0.1, 0.15) is 20.8 Å². The van der Waals surface area contributed by atoms with Crippen molar-refractivity contribution in [3.63, 3.8) is 0 Å². The molecule has 1 N–H and O–H groups in total. The molecule has 0 aliphatic rings. The molecule has 0 saturated carbocycles. The molecule has 0 spiro atoms. The van der Waals surface area contributed by atoms with Crippen molar-refractivity contribution in [2.75, 3.05) is 6.61 Å². The number of carbonyl (C=O) groups is 1. The van der Waals surface area contributed by atoms with Crippen molar-refractivity contribution in [2.24, 2.45) is 0 Å². The molecule has 0 fully saturated rings. The molecule has 3 aromatic rings. The lowest BCUT2D eigenvalue weighted by Gasteiger charge is -2.20. The summed E-state index contributed by atoms with van der Waals surface area (Å²) in [7, 11) is 0. The summed E-state index contributed by atoms with van der Waals surface area (Å²) in [6.07, 6.45) is 1.41. The smallest absolute Gasteiger partial charge is 0.258 e. The minimum Gasteiger partial charge on any atom is -0.467 e. The largest absolute Gasteiger partial charge is 0.467 e. The average molecular weight is 359 g/mol. The molecule has 0 unspecified atom stereocenters. The second kappa shape index (κ2) is 6.76. The van der Waals surface area contributed by atoms with Gasteiger partial charge in [0.25, 0.3) is 5.91 Å². The Labute approximate surface area is 148 Å². The van der Waals surface area contributed by atoms with E-state index < -0.39 is 0 Å². The third-order valence-electron chi connectivity index (χ3n) is 3.35. The zero-order chi connectivity index (χ0) is 18.0. The second-order valence-electron chi connectivity index (χ2n) is 6.60. The fourth-order valence-corrected chi connectivity index (χ4v) is 3.29. The summed E-state index contributed by atoms with van der Waals surface area (Å²) < 4.78 is 18.8. The Bertz CT molecular complexity index is 901. The highest BCUT2D eigenvalue weighted by molar-refractivity contribution is 7.17. The van der Waals surface area contributed by atoms with Gasteiger partial charge in [0, 0.05) is 16.5 Å². The summed E-state index contributed by atoms with van der Waals surface area (Å²) >= 11 is 1.45. The topological polar surface area (TPSA) is 64.1 Å². The number of hydrogen-bond acceptors (Lipinski definition) is 5. The molecule has 0 aliphatic carbocycles. The molecule has 0 radical (unpaired) electrons. The van der Waals surface area contributed by atoms with Gasteiger partial charge in [0.1, 0.15) is 17.0 Å². The first-order chi connectivity index (χ1) is 11.8. The molecule has 1 aromatic carbocycles. The summed E-state index contributed by atoms with van der Waals surface area (Å²) in [4.78, 5) is 21.1. The average Bonchev–Trinajstić information content (AvgIpc) is 2.97. The Hall–Kier alpha value is -2.54. The van der Waals surface area contributed by atoms with E-state index in [0.29, 0.717) is 5.88 Å². The van der Waals surface area contributed by atoms with Crippen molar-refractivity contribution in [3.8, 4) is 17.0 Å². The van der Waals surface area contributed by atoms with E-state index in [-0.39, 0.29) is 23.9 Å². The number of aromatic nitrogens is 2. The standard InChI is InChI=1S/C18H18FN3O2S/c1-18(2,3)22-14(23)8-24-16-15-13(9-25-17(15)21-10-20-16)11-4-6-12(19)7-5-11/h4-7,9-10H,8H2,1-3H3,(H,22,23). The van der Waals surface area contributed by atoms with Crippen molar-refractivity contribution in [1.29, 1.82) is 0 Å². The van der Waals surface area contributed by atoms with Crippen LogP contribution < -0.4 is 10.1 Å². The number of thiophene rings is 1. The molecular weight excluding hydrogens is 341 g/mol. The van der Waals surface area contributed by atoms with Gasteiger partial charge in [-0.15, -0.1) is 11.3 Å². The number of amides is 1. The van der Waals surface area contributed by atoms with Gasteiger partial charge >= 0.3 is 0 Å². The van der Waals surface area contributed by atoms with Gasteiger partial charge in [0.2, 0.25) is 5.88 Å². The molecule has 130 valence electrons. The van der Waals surface area contributed by atoms with Crippen LogP contribution in [0.4, 0.5) is 4.39 Å². The molecule has 0 aliphatic heterocycles. The lowest BCUT2D eigenvalue weighted by Crippen LogP contribution is -2.43. The molecule has 1 amide bonds. The second-order valence-corrected chi connectivity index (χ2v) is 7.46. The van der Waals surface area contributed by atoms with E-state index in [1.807, 2.05) is 26.2 Å². The summed E-state index contributed by atoms with van der Waals surface area (Å²) in [5.74, 6) is -0.178. The van der Waals surface area contributed by atoms with Crippen LogP contribution in [0.5, 0.6) is 5.88 Å². The van der Waals surface area contributed by atoms with Crippen LogP contribution in [0, 0.1) is 5.82 Å². The zero-order valence-corrected chi connectivity index (χ0v) is 15.0. The van der Waals surface area contributed by atoms with E-state index >= 15 is 0 Å². The molecule has 5 nitrogen and oxygen atoms in total. The van der Waals surface area contributed by atoms with Crippen molar-refractivity contribution < 1.29 is 13.9 Å². The molecule has 3 rings (SSSR count). The van der Waals surface area contributed by atoms with Crippen molar-refractivity contribution >= 4 is 27.5 Å². The third kappa shape index (κ3) is 4.11. The number of nitrogens with one attached hydrogen (secondary N) is 1. The first-order valence-electron chi connectivity index (χ1n) is 7.75. The van der Waals surface area contributed by atoms with E-state index in [1.54, 1.807) is 12.1 Å². The lowest BCUT2D eigenvalue weighted by molar-refractivity contribution is -0.124. The van der Waals surface area contributed by atoms with Gasteiger partial charge in [-0.25, -0.2) is 14.4 Å². The third-order valence-corrected chi connectivity index (χ3v) is 4.23. The normalized spacial score (nSPS) is 11.5. The molecule has 0 atom stereocenters. The van der Waals surface area contributed by atoms with Crippen LogP contribution in [-0.2, 0) is 4.79 Å². The molecule has 25 heavy (non-hydrogen) atoms. The Morgan fingerprint density at radius 1 is 1.24 bits per heavy atom. The Morgan fingerprint density at radius 2 is 1.96 bits per heavy atom. The van der Waals surface area contributed by atoms with Gasteiger partial charge in [-0.1, -0.05) is 12.1 Å². The Kier molecular flexibility index (Phi) is 4.67. The van der Waals surface area contributed by atoms with E-state index in [1.165, 1.54) is 29.8 Å². The zero-order valence-electron chi connectivity index (χ0n) is 14.2. The summed E-state index contributed by atoms with van der Waals surface area (Å²) in [5, 5.41) is 5.49. The summed E-state index contributed by atoms with van der Waals surface area (Å²) in [5.41, 5.74) is 1.36. The number of fused-ring (bicyclic) bond motifs is 1. The minimum atomic E-state index is -0.330. The van der Waals surface area contributed by atoms with E-state index in [9.17, 15) is 9.18 Å². The van der Waals surface area contributed by atoms with Gasteiger partial charge in [-0.05, 0) is 38.5 Å². The molecule has 2 heterocycles. The van der Waals surface area contributed by atoms with Gasteiger partial charge < -0.3 is 10.1 Å².